The maximum absolute atomic E-state index is 12.5. The fraction of sp³-hybridized carbons (Fsp3) is 0.474. The molecule has 1 fully saturated rings. The Bertz CT molecular complexity index is 688. The Labute approximate surface area is 143 Å². The number of carbonyl (C=O) groups is 1. The first-order valence-corrected chi connectivity index (χ1v) is 8.53. The third-order valence-corrected chi connectivity index (χ3v) is 4.13. The van der Waals surface area contributed by atoms with Crippen molar-refractivity contribution in [3.63, 3.8) is 0 Å². The minimum absolute atomic E-state index is 0.0152. The van der Waals surface area contributed by atoms with E-state index in [-0.39, 0.29) is 12.1 Å². The van der Waals surface area contributed by atoms with E-state index in [1.807, 2.05) is 73.1 Å². The summed E-state index contributed by atoms with van der Waals surface area (Å²) in [6.45, 7) is 6.41. The highest BCUT2D eigenvalue weighted by Crippen LogP contribution is 2.31. The van der Waals surface area contributed by atoms with Crippen molar-refractivity contribution in [1.29, 1.82) is 0 Å². The molecule has 0 unspecified atom stereocenters. The summed E-state index contributed by atoms with van der Waals surface area (Å²) in [5, 5.41) is 0. The molecule has 0 bridgehead atoms. The molecule has 1 aromatic heterocycles. The second kappa shape index (κ2) is 6.67. The van der Waals surface area contributed by atoms with Gasteiger partial charge in [0.05, 0.1) is 18.1 Å². The van der Waals surface area contributed by atoms with Gasteiger partial charge in [0.2, 0.25) is 0 Å². The predicted octanol–water partition coefficient (Wildman–Crippen LogP) is 4.33. The van der Waals surface area contributed by atoms with Gasteiger partial charge in [0, 0.05) is 18.4 Å². The SMILES string of the molecule is CC(C)(C)OC(=O)N1CCCC[C@H]1c1cn(-c2ccccc2)cn1. The molecule has 0 spiro atoms. The van der Waals surface area contributed by atoms with Crippen LogP contribution in [0.1, 0.15) is 51.8 Å². The largest absolute Gasteiger partial charge is 0.444 e. The maximum Gasteiger partial charge on any atom is 0.410 e. The summed E-state index contributed by atoms with van der Waals surface area (Å²) in [5.74, 6) is 0. The average Bonchev–Trinajstić information content (AvgIpc) is 3.04. The van der Waals surface area contributed by atoms with Gasteiger partial charge in [-0.05, 0) is 52.2 Å². The van der Waals surface area contributed by atoms with E-state index in [2.05, 4.69) is 4.98 Å². The van der Waals surface area contributed by atoms with Crippen molar-refractivity contribution < 1.29 is 9.53 Å². The van der Waals surface area contributed by atoms with Crippen molar-refractivity contribution >= 4 is 6.09 Å². The summed E-state index contributed by atoms with van der Waals surface area (Å²) in [4.78, 5) is 18.9. The van der Waals surface area contributed by atoms with Gasteiger partial charge >= 0.3 is 6.09 Å². The Morgan fingerprint density at radius 1 is 1.21 bits per heavy atom. The number of nitrogens with zero attached hydrogens (tertiary/aromatic N) is 3. The summed E-state index contributed by atoms with van der Waals surface area (Å²) in [6, 6.07) is 10.1. The van der Waals surface area contributed by atoms with Crippen molar-refractivity contribution in [2.75, 3.05) is 6.54 Å². The van der Waals surface area contributed by atoms with Crippen LogP contribution in [-0.2, 0) is 4.74 Å². The van der Waals surface area contributed by atoms with E-state index in [0.717, 1.165) is 37.2 Å². The van der Waals surface area contributed by atoms with Crippen molar-refractivity contribution in [1.82, 2.24) is 14.5 Å². The lowest BCUT2D eigenvalue weighted by atomic mass is 10.0. The Morgan fingerprint density at radius 3 is 2.67 bits per heavy atom. The number of ether oxygens (including phenoxy) is 1. The zero-order valence-corrected chi connectivity index (χ0v) is 14.6. The predicted molar refractivity (Wildman–Crippen MR) is 93.1 cm³/mol. The quantitative estimate of drug-likeness (QED) is 0.824. The van der Waals surface area contributed by atoms with Gasteiger partial charge in [0.25, 0.3) is 0 Å². The second-order valence-corrected chi connectivity index (χ2v) is 7.23. The molecule has 0 aliphatic carbocycles. The molecular weight excluding hydrogens is 302 g/mol. The monoisotopic (exact) mass is 327 g/mol. The van der Waals surface area contributed by atoms with E-state index in [1.165, 1.54) is 0 Å². The van der Waals surface area contributed by atoms with Crippen LogP contribution < -0.4 is 0 Å². The van der Waals surface area contributed by atoms with Gasteiger partial charge in [-0.2, -0.15) is 0 Å². The first-order chi connectivity index (χ1) is 11.4. The molecule has 0 radical (unpaired) electrons. The molecule has 1 atom stereocenters. The van der Waals surface area contributed by atoms with Crippen molar-refractivity contribution in [2.24, 2.45) is 0 Å². The molecule has 0 N–H and O–H groups in total. The molecule has 3 rings (SSSR count). The highest BCUT2D eigenvalue weighted by molar-refractivity contribution is 5.69. The maximum atomic E-state index is 12.5. The van der Waals surface area contributed by atoms with Crippen LogP contribution in [0.25, 0.3) is 5.69 Å². The summed E-state index contributed by atoms with van der Waals surface area (Å²) >= 11 is 0. The zero-order chi connectivity index (χ0) is 17.2. The number of likely N-dealkylation sites (tertiary alicyclic amines) is 1. The molecular formula is C19H25N3O2. The lowest BCUT2D eigenvalue weighted by Crippen LogP contribution is -2.42. The molecule has 1 aliphatic rings. The lowest BCUT2D eigenvalue weighted by molar-refractivity contribution is 0.00905. The van der Waals surface area contributed by atoms with Gasteiger partial charge in [-0.15, -0.1) is 0 Å². The van der Waals surface area contributed by atoms with Crippen molar-refractivity contribution in [2.45, 2.75) is 51.7 Å². The molecule has 5 heteroatoms. The normalized spacial score (nSPS) is 18.5. The molecule has 0 saturated carbocycles. The standard InChI is InChI=1S/C19H25N3O2/c1-19(2,3)24-18(23)22-12-8-7-11-17(22)16-13-21(14-20-16)15-9-5-4-6-10-15/h4-6,9-10,13-14,17H,7-8,11-12H2,1-3H3/t17-/m0/s1. The Balaban J connectivity index is 1.81. The number of piperidine rings is 1. The van der Waals surface area contributed by atoms with E-state index in [4.69, 9.17) is 4.74 Å². The number of imidazole rings is 1. The highest BCUT2D eigenvalue weighted by Gasteiger charge is 2.32. The van der Waals surface area contributed by atoms with Gasteiger partial charge < -0.3 is 9.30 Å². The van der Waals surface area contributed by atoms with Crippen LogP contribution in [0.4, 0.5) is 4.79 Å². The highest BCUT2D eigenvalue weighted by atomic mass is 16.6. The smallest absolute Gasteiger partial charge is 0.410 e. The van der Waals surface area contributed by atoms with Crippen molar-refractivity contribution in [3.8, 4) is 5.69 Å². The molecule has 5 nitrogen and oxygen atoms in total. The summed E-state index contributed by atoms with van der Waals surface area (Å²) in [5.41, 5.74) is 1.50. The molecule has 2 heterocycles. The summed E-state index contributed by atoms with van der Waals surface area (Å²) < 4.78 is 7.57. The molecule has 1 aromatic carbocycles. The van der Waals surface area contributed by atoms with Crippen LogP contribution in [0, 0.1) is 0 Å². The third kappa shape index (κ3) is 3.78. The number of hydrogen-bond donors (Lipinski definition) is 0. The number of aromatic nitrogens is 2. The van der Waals surface area contributed by atoms with Crippen molar-refractivity contribution in [3.05, 3.63) is 48.5 Å². The fourth-order valence-electron chi connectivity index (χ4n) is 3.03. The van der Waals surface area contributed by atoms with Crippen LogP contribution in [0.5, 0.6) is 0 Å². The molecule has 24 heavy (non-hydrogen) atoms. The van der Waals surface area contributed by atoms with E-state index in [1.54, 1.807) is 0 Å². The average molecular weight is 327 g/mol. The van der Waals surface area contributed by atoms with Gasteiger partial charge in [-0.25, -0.2) is 9.78 Å². The van der Waals surface area contributed by atoms with Crippen LogP contribution >= 0.6 is 0 Å². The number of carbonyl (C=O) groups excluding carboxylic acids is 1. The molecule has 128 valence electrons. The molecule has 1 aliphatic heterocycles. The van der Waals surface area contributed by atoms with Crippen LogP contribution in [0.15, 0.2) is 42.9 Å². The van der Waals surface area contributed by atoms with E-state index < -0.39 is 5.60 Å². The van der Waals surface area contributed by atoms with Gasteiger partial charge in [-0.3, -0.25) is 4.90 Å². The second-order valence-electron chi connectivity index (χ2n) is 7.23. The minimum Gasteiger partial charge on any atom is -0.444 e. The van der Waals surface area contributed by atoms with Crippen LogP contribution in [0.3, 0.4) is 0 Å². The Hall–Kier alpha value is -2.30. The lowest BCUT2D eigenvalue weighted by Gasteiger charge is -2.35. The first kappa shape index (κ1) is 16.6. The van der Waals surface area contributed by atoms with Crippen LogP contribution in [-0.4, -0.2) is 32.7 Å². The van der Waals surface area contributed by atoms with Crippen LogP contribution in [0.2, 0.25) is 0 Å². The minimum atomic E-state index is -0.484. The number of para-hydroxylation sites is 1. The number of benzene rings is 1. The van der Waals surface area contributed by atoms with E-state index in [9.17, 15) is 4.79 Å². The van der Waals surface area contributed by atoms with Gasteiger partial charge in [0.15, 0.2) is 0 Å². The summed E-state index contributed by atoms with van der Waals surface area (Å²) in [6.07, 6.45) is 6.61. The third-order valence-electron chi connectivity index (χ3n) is 4.13. The molecule has 1 saturated heterocycles. The Morgan fingerprint density at radius 2 is 1.96 bits per heavy atom. The molecule has 2 aromatic rings. The van der Waals surface area contributed by atoms with E-state index >= 15 is 0 Å². The number of rotatable bonds is 2. The molecule has 1 amide bonds. The van der Waals surface area contributed by atoms with E-state index in [0.29, 0.717) is 0 Å². The number of amides is 1. The Kier molecular flexibility index (Phi) is 4.60. The summed E-state index contributed by atoms with van der Waals surface area (Å²) in [7, 11) is 0. The number of hydrogen-bond acceptors (Lipinski definition) is 3. The zero-order valence-electron chi connectivity index (χ0n) is 14.6. The topological polar surface area (TPSA) is 47.4 Å². The fourth-order valence-corrected chi connectivity index (χ4v) is 3.03. The first-order valence-electron chi connectivity index (χ1n) is 8.53. The van der Waals surface area contributed by atoms with Gasteiger partial charge in [-0.1, -0.05) is 18.2 Å². The van der Waals surface area contributed by atoms with Gasteiger partial charge in [0.1, 0.15) is 5.60 Å².